The summed E-state index contributed by atoms with van der Waals surface area (Å²) in [5.41, 5.74) is 1.75. The summed E-state index contributed by atoms with van der Waals surface area (Å²) in [6.45, 7) is 4.10. The van der Waals surface area contributed by atoms with Gasteiger partial charge in [-0.1, -0.05) is 0 Å². The quantitative estimate of drug-likeness (QED) is 0.790. The van der Waals surface area contributed by atoms with Gasteiger partial charge in [-0.05, 0) is 62.9 Å². The summed E-state index contributed by atoms with van der Waals surface area (Å²) in [5.74, 6) is 0.618. The molecule has 1 aliphatic rings. The van der Waals surface area contributed by atoms with Crippen LogP contribution in [0.15, 0.2) is 40.0 Å². The molecule has 0 aliphatic heterocycles. The summed E-state index contributed by atoms with van der Waals surface area (Å²) in [4.78, 5) is 12.2. The first-order chi connectivity index (χ1) is 12.3. The molecule has 8 heteroatoms. The third-order valence-electron chi connectivity index (χ3n) is 4.15. The van der Waals surface area contributed by atoms with Crippen LogP contribution in [0.25, 0.3) is 0 Å². The second-order valence-corrected chi connectivity index (χ2v) is 8.33. The topological polar surface area (TPSA) is 90.3 Å². The number of hydrogen-bond acceptors (Lipinski definition) is 5. The number of fused-ring (bicyclic) bond motifs is 1. The predicted octanol–water partition coefficient (Wildman–Crippen LogP) is 1.50. The van der Waals surface area contributed by atoms with Gasteiger partial charge in [0.05, 0.1) is 23.2 Å². The van der Waals surface area contributed by atoms with Crippen LogP contribution in [0.1, 0.15) is 31.5 Å². The maximum Gasteiger partial charge on any atom is 0.267 e. The summed E-state index contributed by atoms with van der Waals surface area (Å²) in [6, 6.07) is 7.86. The van der Waals surface area contributed by atoms with Crippen molar-refractivity contribution < 1.29 is 13.2 Å². The van der Waals surface area contributed by atoms with Gasteiger partial charge in [0.1, 0.15) is 5.75 Å². The smallest absolute Gasteiger partial charge is 0.267 e. The van der Waals surface area contributed by atoms with Gasteiger partial charge in [-0.15, -0.1) is 0 Å². The first kappa shape index (κ1) is 18.6. The number of sulfonamides is 1. The van der Waals surface area contributed by atoms with E-state index in [-0.39, 0.29) is 29.6 Å². The van der Waals surface area contributed by atoms with E-state index >= 15 is 0 Å². The van der Waals surface area contributed by atoms with E-state index in [0.717, 1.165) is 30.5 Å². The van der Waals surface area contributed by atoms with E-state index in [2.05, 4.69) is 9.82 Å². The molecule has 1 heterocycles. The summed E-state index contributed by atoms with van der Waals surface area (Å²) in [7, 11) is -3.65. The van der Waals surface area contributed by atoms with Crippen molar-refractivity contribution in [2.75, 3.05) is 6.54 Å². The minimum Gasteiger partial charge on any atom is -0.491 e. The van der Waals surface area contributed by atoms with Crippen LogP contribution in [0.2, 0.25) is 0 Å². The molecule has 1 aromatic heterocycles. The minimum atomic E-state index is -3.65. The summed E-state index contributed by atoms with van der Waals surface area (Å²) in [6.07, 6.45) is 2.79. The van der Waals surface area contributed by atoms with Crippen molar-refractivity contribution >= 4 is 10.0 Å². The number of aryl methyl sites for hydroxylation is 2. The Morgan fingerprint density at radius 3 is 2.65 bits per heavy atom. The SMILES string of the molecule is CC(C)Oc1ccc(S(=O)(=O)NCCn2nc3c(cc2=O)CCC3)cc1. The molecule has 0 spiro atoms. The molecule has 0 radical (unpaired) electrons. The lowest BCUT2D eigenvalue weighted by Crippen LogP contribution is -2.32. The molecule has 1 N–H and O–H groups in total. The van der Waals surface area contributed by atoms with Crippen molar-refractivity contribution in [3.05, 3.63) is 51.9 Å². The van der Waals surface area contributed by atoms with E-state index < -0.39 is 10.0 Å². The Bertz CT molecular complexity index is 934. The molecular weight excluding hydrogens is 354 g/mol. The zero-order valence-corrected chi connectivity index (χ0v) is 15.8. The number of hydrogen-bond donors (Lipinski definition) is 1. The molecule has 26 heavy (non-hydrogen) atoms. The van der Waals surface area contributed by atoms with Crippen LogP contribution in [-0.2, 0) is 29.4 Å². The second-order valence-electron chi connectivity index (χ2n) is 6.57. The summed E-state index contributed by atoms with van der Waals surface area (Å²) in [5, 5.41) is 4.34. The Morgan fingerprint density at radius 1 is 1.23 bits per heavy atom. The molecular formula is C18H23N3O4S. The van der Waals surface area contributed by atoms with Crippen LogP contribution >= 0.6 is 0 Å². The van der Waals surface area contributed by atoms with Crippen molar-refractivity contribution in [3.8, 4) is 5.75 Å². The Labute approximate surface area is 153 Å². The molecule has 0 bridgehead atoms. The molecule has 0 atom stereocenters. The molecule has 3 rings (SSSR count). The molecule has 0 saturated heterocycles. The van der Waals surface area contributed by atoms with E-state index in [9.17, 15) is 13.2 Å². The Hall–Kier alpha value is -2.19. The Kier molecular flexibility index (Phi) is 5.43. The average Bonchev–Trinajstić information content (AvgIpc) is 3.02. The Balaban J connectivity index is 1.63. The molecule has 140 valence electrons. The fourth-order valence-corrected chi connectivity index (χ4v) is 3.96. The first-order valence-electron chi connectivity index (χ1n) is 8.71. The standard InChI is InChI=1S/C18H23N3O4S/c1-13(2)25-15-6-8-16(9-7-15)26(23,24)19-10-11-21-18(22)12-14-4-3-5-17(14)20-21/h6-9,12-13,19H,3-5,10-11H2,1-2H3. The fourth-order valence-electron chi connectivity index (χ4n) is 2.94. The second kappa shape index (κ2) is 7.59. The van der Waals surface area contributed by atoms with Gasteiger partial charge in [0.15, 0.2) is 0 Å². The summed E-state index contributed by atoms with van der Waals surface area (Å²) < 4.78 is 34.1. The monoisotopic (exact) mass is 377 g/mol. The average molecular weight is 377 g/mol. The largest absolute Gasteiger partial charge is 0.491 e. The van der Waals surface area contributed by atoms with E-state index in [1.54, 1.807) is 18.2 Å². The van der Waals surface area contributed by atoms with Crippen LogP contribution in [-0.4, -0.2) is 30.8 Å². The molecule has 0 amide bonds. The van der Waals surface area contributed by atoms with Gasteiger partial charge in [-0.3, -0.25) is 4.79 Å². The lowest BCUT2D eigenvalue weighted by atomic mass is 10.2. The zero-order valence-electron chi connectivity index (χ0n) is 14.9. The maximum absolute atomic E-state index is 12.4. The zero-order chi connectivity index (χ0) is 18.7. The van der Waals surface area contributed by atoms with Gasteiger partial charge in [-0.25, -0.2) is 17.8 Å². The van der Waals surface area contributed by atoms with Gasteiger partial charge in [0.25, 0.3) is 5.56 Å². The highest BCUT2D eigenvalue weighted by atomic mass is 32.2. The number of nitrogens with zero attached hydrogens (tertiary/aromatic N) is 2. The molecule has 0 fully saturated rings. The predicted molar refractivity (Wildman–Crippen MR) is 97.9 cm³/mol. The molecule has 2 aromatic rings. The highest BCUT2D eigenvalue weighted by molar-refractivity contribution is 7.89. The normalized spacial score (nSPS) is 13.8. The lowest BCUT2D eigenvalue weighted by molar-refractivity contribution is 0.242. The van der Waals surface area contributed by atoms with E-state index in [1.807, 2.05) is 13.8 Å². The number of rotatable bonds is 7. The van der Waals surface area contributed by atoms with Gasteiger partial charge in [0.2, 0.25) is 10.0 Å². The molecule has 7 nitrogen and oxygen atoms in total. The molecule has 1 aliphatic carbocycles. The lowest BCUT2D eigenvalue weighted by Gasteiger charge is -2.11. The number of aromatic nitrogens is 2. The van der Waals surface area contributed by atoms with Crippen molar-refractivity contribution in [2.24, 2.45) is 0 Å². The third kappa shape index (κ3) is 4.31. The van der Waals surface area contributed by atoms with Gasteiger partial charge < -0.3 is 4.74 Å². The molecule has 0 saturated carbocycles. The Morgan fingerprint density at radius 2 is 1.96 bits per heavy atom. The van der Waals surface area contributed by atoms with Crippen molar-refractivity contribution in [1.29, 1.82) is 0 Å². The van der Waals surface area contributed by atoms with Crippen molar-refractivity contribution in [2.45, 2.75) is 50.7 Å². The van der Waals surface area contributed by atoms with Gasteiger partial charge in [0, 0.05) is 12.6 Å². The van der Waals surface area contributed by atoms with E-state index in [0.29, 0.717) is 5.75 Å². The molecule has 0 unspecified atom stereocenters. The van der Waals surface area contributed by atoms with Crippen LogP contribution in [0.4, 0.5) is 0 Å². The number of ether oxygens (including phenoxy) is 1. The fraction of sp³-hybridized carbons (Fsp3) is 0.444. The first-order valence-corrected chi connectivity index (χ1v) is 10.2. The summed E-state index contributed by atoms with van der Waals surface area (Å²) >= 11 is 0. The highest BCUT2D eigenvalue weighted by Gasteiger charge is 2.16. The molecule has 1 aromatic carbocycles. The van der Waals surface area contributed by atoms with Crippen LogP contribution in [0.3, 0.4) is 0 Å². The van der Waals surface area contributed by atoms with E-state index in [4.69, 9.17) is 4.74 Å². The number of benzene rings is 1. The third-order valence-corrected chi connectivity index (χ3v) is 5.62. The number of nitrogens with one attached hydrogen (secondary N) is 1. The maximum atomic E-state index is 12.4. The van der Waals surface area contributed by atoms with Crippen molar-refractivity contribution in [1.82, 2.24) is 14.5 Å². The van der Waals surface area contributed by atoms with Crippen LogP contribution in [0, 0.1) is 0 Å². The van der Waals surface area contributed by atoms with Crippen LogP contribution in [0.5, 0.6) is 5.75 Å². The minimum absolute atomic E-state index is 0.0220. The highest BCUT2D eigenvalue weighted by Crippen LogP contribution is 2.18. The van der Waals surface area contributed by atoms with Gasteiger partial charge >= 0.3 is 0 Å². The van der Waals surface area contributed by atoms with E-state index in [1.165, 1.54) is 16.8 Å². The van der Waals surface area contributed by atoms with Gasteiger partial charge in [-0.2, -0.15) is 5.10 Å². The van der Waals surface area contributed by atoms with Crippen LogP contribution < -0.4 is 15.0 Å². The van der Waals surface area contributed by atoms with Crippen molar-refractivity contribution in [3.63, 3.8) is 0 Å².